The van der Waals surface area contributed by atoms with Gasteiger partial charge in [0.15, 0.2) is 0 Å². The molecule has 2 N–H and O–H groups in total. The summed E-state index contributed by atoms with van der Waals surface area (Å²) < 4.78 is 16.4. The van der Waals surface area contributed by atoms with Crippen molar-refractivity contribution in [3.8, 4) is 22.6 Å². The van der Waals surface area contributed by atoms with Crippen molar-refractivity contribution in [1.82, 2.24) is 5.32 Å². The van der Waals surface area contributed by atoms with E-state index in [1.807, 2.05) is 43.3 Å². The molecule has 1 fully saturated rings. The number of carbonyl (C=O) groups excluding carboxylic acids is 1. The van der Waals surface area contributed by atoms with Crippen LogP contribution in [0.3, 0.4) is 0 Å². The lowest BCUT2D eigenvalue weighted by Crippen LogP contribution is -2.47. The molecule has 0 saturated carbocycles. The fraction of sp³-hybridized carbons (Fsp3) is 0.423. The van der Waals surface area contributed by atoms with Crippen molar-refractivity contribution >= 4 is 17.6 Å². The Hall–Kier alpha value is -3.59. The molecule has 35 heavy (non-hydrogen) atoms. The molecule has 9 heteroatoms. The van der Waals surface area contributed by atoms with Gasteiger partial charge in [-0.1, -0.05) is 29.4 Å². The number of carboxylic acids is 1. The van der Waals surface area contributed by atoms with Crippen molar-refractivity contribution in [2.75, 3.05) is 34.5 Å². The van der Waals surface area contributed by atoms with Crippen LogP contribution >= 0.6 is 0 Å². The number of nitrogens with zero attached hydrogens (tertiary/aromatic N) is 1. The Morgan fingerprint density at radius 1 is 1.09 bits per heavy atom. The van der Waals surface area contributed by atoms with Crippen LogP contribution in [-0.2, 0) is 25.6 Å². The highest BCUT2D eigenvalue weighted by molar-refractivity contribution is 6.39. The first kappa shape index (κ1) is 26.0. The zero-order valence-corrected chi connectivity index (χ0v) is 20.5. The third kappa shape index (κ3) is 6.51. The molecule has 0 aromatic heterocycles. The largest absolute Gasteiger partial charge is 0.496 e. The summed E-state index contributed by atoms with van der Waals surface area (Å²) in [7, 11) is 4.57. The molecule has 1 heterocycles. The predicted molar refractivity (Wildman–Crippen MR) is 131 cm³/mol. The molecule has 0 bridgehead atoms. The van der Waals surface area contributed by atoms with Gasteiger partial charge >= 0.3 is 5.97 Å². The van der Waals surface area contributed by atoms with Crippen LogP contribution in [0, 0.1) is 12.8 Å². The van der Waals surface area contributed by atoms with Crippen LogP contribution in [-0.4, -0.2) is 63.3 Å². The van der Waals surface area contributed by atoms with E-state index >= 15 is 0 Å². The van der Waals surface area contributed by atoms with E-state index in [-0.39, 0.29) is 18.1 Å². The lowest BCUT2D eigenvalue weighted by molar-refractivity contribution is -0.141. The van der Waals surface area contributed by atoms with E-state index in [1.54, 1.807) is 14.2 Å². The van der Waals surface area contributed by atoms with Crippen LogP contribution in [0.4, 0.5) is 0 Å². The van der Waals surface area contributed by atoms with Crippen LogP contribution in [0.1, 0.15) is 24.0 Å². The summed E-state index contributed by atoms with van der Waals surface area (Å²) in [5.41, 5.74) is 3.63. The number of carbonyl (C=O) groups is 2. The maximum atomic E-state index is 12.9. The number of rotatable bonds is 10. The second-order valence-corrected chi connectivity index (χ2v) is 8.36. The van der Waals surface area contributed by atoms with E-state index in [0.717, 1.165) is 22.3 Å². The number of benzene rings is 2. The summed E-state index contributed by atoms with van der Waals surface area (Å²) in [6, 6.07) is 10.2. The number of aliphatic carboxylic acids is 1. The summed E-state index contributed by atoms with van der Waals surface area (Å²) in [6.07, 6.45) is 1.36. The molecular formula is C26H32N2O7. The van der Waals surface area contributed by atoms with Crippen LogP contribution in [0.5, 0.6) is 11.5 Å². The van der Waals surface area contributed by atoms with Gasteiger partial charge in [0.1, 0.15) is 30.4 Å². The van der Waals surface area contributed by atoms with Gasteiger partial charge in [0.05, 0.1) is 19.8 Å². The van der Waals surface area contributed by atoms with Gasteiger partial charge in [0.2, 0.25) is 0 Å². The van der Waals surface area contributed by atoms with Crippen molar-refractivity contribution in [3.63, 3.8) is 0 Å². The first-order valence-electron chi connectivity index (χ1n) is 11.4. The molecule has 1 saturated heterocycles. The van der Waals surface area contributed by atoms with Crippen LogP contribution < -0.4 is 14.8 Å². The summed E-state index contributed by atoms with van der Waals surface area (Å²) in [5, 5.41) is 16.3. The Bertz CT molecular complexity index is 1030. The van der Waals surface area contributed by atoms with Crippen molar-refractivity contribution in [3.05, 3.63) is 47.5 Å². The quantitative estimate of drug-likeness (QED) is 0.393. The molecule has 3 rings (SSSR count). The minimum Gasteiger partial charge on any atom is -0.496 e. The average Bonchev–Trinajstić information content (AvgIpc) is 2.87. The minimum absolute atomic E-state index is 0.109. The van der Waals surface area contributed by atoms with Gasteiger partial charge in [-0.25, -0.2) is 4.79 Å². The molecule has 0 unspecified atom stereocenters. The molecular weight excluding hydrogens is 452 g/mol. The topological polar surface area (TPSA) is 116 Å². The lowest BCUT2D eigenvalue weighted by Gasteiger charge is -2.23. The van der Waals surface area contributed by atoms with Gasteiger partial charge in [-0.3, -0.25) is 4.79 Å². The average molecular weight is 485 g/mol. The number of amides is 1. The Morgan fingerprint density at radius 3 is 2.20 bits per heavy atom. The third-order valence-electron chi connectivity index (χ3n) is 5.97. The zero-order chi connectivity index (χ0) is 25.4. The zero-order valence-electron chi connectivity index (χ0n) is 20.5. The molecule has 1 amide bonds. The number of methoxy groups -OCH3 is 2. The number of aryl methyl sites for hydroxylation is 1. The molecule has 2 aromatic rings. The predicted octanol–water partition coefficient (Wildman–Crippen LogP) is 3.22. The van der Waals surface area contributed by atoms with Gasteiger partial charge in [0.25, 0.3) is 5.91 Å². The van der Waals surface area contributed by atoms with E-state index in [1.165, 1.54) is 7.11 Å². The van der Waals surface area contributed by atoms with E-state index in [2.05, 4.69) is 10.5 Å². The Kier molecular flexibility index (Phi) is 9.08. The van der Waals surface area contributed by atoms with Crippen LogP contribution in [0.2, 0.25) is 0 Å². The van der Waals surface area contributed by atoms with Gasteiger partial charge in [-0.15, -0.1) is 0 Å². The molecule has 0 aliphatic carbocycles. The van der Waals surface area contributed by atoms with Crippen molar-refractivity contribution in [2.24, 2.45) is 11.1 Å². The smallest absolute Gasteiger partial charge is 0.326 e. The summed E-state index contributed by atoms with van der Waals surface area (Å²) >= 11 is 0. The highest BCUT2D eigenvalue weighted by Crippen LogP contribution is 2.39. The van der Waals surface area contributed by atoms with Crippen molar-refractivity contribution in [2.45, 2.75) is 32.2 Å². The van der Waals surface area contributed by atoms with Gasteiger partial charge in [-0.2, -0.15) is 0 Å². The number of hydrogen-bond donors (Lipinski definition) is 2. The number of hydrogen-bond acceptors (Lipinski definition) is 7. The SMILES string of the molecule is CON=C(C(=O)N[C@@H](Cc1ccc(-c2c(OC)cc(C)cc2OC)cc1)C(=O)O)C1CCOCC1. The number of oxime groups is 1. The summed E-state index contributed by atoms with van der Waals surface area (Å²) in [4.78, 5) is 29.7. The standard InChI is InChI=1S/C26H32N2O7/c1-16-13-21(32-2)23(22(14-16)33-3)18-7-5-17(6-8-18)15-20(26(30)31)27-25(29)24(28-34-4)19-9-11-35-12-10-19/h5-8,13-14,19-20H,9-12,15H2,1-4H3,(H,27,29)(H,30,31)/t20-/m0/s1. The molecule has 0 radical (unpaired) electrons. The van der Waals surface area contributed by atoms with E-state index in [0.29, 0.717) is 37.6 Å². The Balaban J connectivity index is 1.78. The van der Waals surface area contributed by atoms with E-state index in [9.17, 15) is 14.7 Å². The first-order chi connectivity index (χ1) is 16.9. The van der Waals surface area contributed by atoms with Crippen LogP contribution in [0.25, 0.3) is 11.1 Å². The second kappa shape index (κ2) is 12.2. The van der Waals surface area contributed by atoms with Gasteiger partial charge in [0, 0.05) is 25.6 Å². The Morgan fingerprint density at radius 2 is 1.69 bits per heavy atom. The number of carboxylic acid groups (broad SMARTS) is 1. The third-order valence-corrected chi connectivity index (χ3v) is 5.97. The van der Waals surface area contributed by atoms with Crippen molar-refractivity contribution in [1.29, 1.82) is 0 Å². The molecule has 1 atom stereocenters. The number of nitrogens with one attached hydrogen (secondary N) is 1. The molecule has 1 aliphatic rings. The Labute approximate surface area is 205 Å². The monoisotopic (exact) mass is 484 g/mol. The molecule has 2 aromatic carbocycles. The normalized spacial score (nSPS) is 15.3. The van der Waals surface area contributed by atoms with Crippen molar-refractivity contribution < 1.29 is 33.7 Å². The lowest BCUT2D eigenvalue weighted by atomic mass is 9.93. The molecule has 188 valence electrons. The fourth-order valence-electron chi connectivity index (χ4n) is 4.17. The summed E-state index contributed by atoms with van der Waals surface area (Å²) in [6.45, 7) is 3.00. The van der Waals surface area contributed by atoms with E-state index < -0.39 is 17.9 Å². The van der Waals surface area contributed by atoms with Gasteiger partial charge < -0.3 is 29.5 Å². The highest BCUT2D eigenvalue weighted by atomic mass is 16.6. The molecule has 0 spiro atoms. The highest BCUT2D eigenvalue weighted by Gasteiger charge is 2.29. The molecule has 9 nitrogen and oxygen atoms in total. The maximum absolute atomic E-state index is 12.9. The first-order valence-corrected chi connectivity index (χ1v) is 11.4. The van der Waals surface area contributed by atoms with E-state index in [4.69, 9.17) is 19.0 Å². The second-order valence-electron chi connectivity index (χ2n) is 8.36. The van der Waals surface area contributed by atoms with Gasteiger partial charge in [-0.05, 0) is 48.6 Å². The molecule has 1 aliphatic heterocycles. The fourth-order valence-corrected chi connectivity index (χ4v) is 4.17. The minimum atomic E-state index is -1.13. The summed E-state index contributed by atoms with van der Waals surface area (Å²) in [5.74, 6) is -0.450. The number of ether oxygens (including phenoxy) is 3. The van der Waals surface area contributed by atoms with Crippen LogP contribution in [0.15, 0.2) is 41.6 Å². The maximum Gasteiger partial charge on any atom is 0.326 e.